The maximum absolute atomic E-state index is 12.3. The van der Waals surface area contributed by atoms with Gasteiger partial charge in [0.1, 0.15) is 22.9 Å². The number of benzene rings is 2. The number of anilines is 1. The van der Waals surface area contributed by atoms with Gasteiger partial charge in [-0.25, -0.2) is 0 Å². The monoisotopic (exact) mass is 540 g/mol. The van der Waals surface area contributed by atoms with Crippen molar-refractivity contribution in [3.8, 4) is 21.9 Å². The summed E-state index contributed by atoms with van der Waals surface area (Å²) in [4.78, 5) is 13.0. The van der Waals surface area contributed by atoms with Crippen molar-refractivity contribution in [1.29, 1.82) is 0 Å². The molecule has 0 aliphatic heterocycles. The molecule has 0 fully saturated rings. The highest BCUT2D eigenvalue weighted by Gasteiger charge is 2.11. The molecule has 5 aromatic rings. The number of hydrogen-bond donors (Lipinski definition) is 2. The van der Waals surface area contributed by atoms with Crippen molar-refractivity contribution in [3.05, 3.63) is 82.8 Å². The van der Waals surface area contributed by atoms with Crippen molar-refractivity contribution in [1.82, 2.24) is 25.1 Å². The zero-order chi connectivity index (χ0) is 24.4. The van der Waals surface area contributed by atoms with E-state index in [1.54, 1.807) is 41.2 Å². The molecular formula is C23H14Cl2N6O2S2. The van der Waals surface area contributed by atoms with Gasteiger partial charge in [-0.15, -0.1) is 10.2 Å². The Morgan fingerprint density at radius 1 is 1.11 bits per heavy atom. The molecule has 8 nitrogen and oxygen atoms in total. The largest absolute Gasteiger partial charge is 0.457 e. The molecule has 2 N–H and O–H groups in total. The third-order valence-corrected chi connectivity index (χ3v) is 6.74. The molecule has 0 saturated heterocycles. The molecule has 0 unspecified atom stereocenters. The number of fused-ring (bicyclic) bond motifs is 1. The number of nitrogens with one attached hydrogen (secondary N) is 2. The lowest BCUT2D eigenvalue weighted by atomic mass is 10.2. The third-order valence-electron chi connectivity index (χ3n) is 4.76. The molecule has 0 radical (unpaired) electrons. The number of nitrogens with zero attached hydrogens (tertiary/aromatic N) is 4. The average molecular weight is 541 g/mol. The van der Waals surface area contributed by atoms with Gasteiger partial charge in [-0.05, 0) is 66.8 Å². The summed E-state index contributed by atoms with van der Waals surface area (Å²) in [5.41, 5.74) is 2.32. The molecule has 0 atom stereocenters. The Kier molecular flexibility index (Phi) is 6.60. The van der Waals surface area contributed by atoms with Gasteiger partial charge < -0.3 is 9.73 Å². The van der Waals surface area contributed by atoms with Gasteiger partial charge in [0.25, 0.3) is 0 Å². The minimum Gasteiger partial charge on any atom is -0.457 e. The second-order valence-corrected chi connectivity index (χ2v) is 9.27. The van der Waals surface area contributed by atoms with Crippen LogP contribution in [0.3, 0.4) is 0 Å². The zero-order valence-corrected chi connectivity index (χ0v) is 20.8. The van der Waals surface area contributed by atoms with Crippen LogP contribution in [0, 0.1) is 0 Å². The van der Waals surface area contributed by atoms with Gasteiger partial charge in [0, 0.05) is 22.9 Å². The number of carbonyl (C=O) groups is 1. The van der Waals surface area contributed by atoms with Gasteiger partial charge in [0.15, 0.2) is 5.11 Å². The van der Waals surface area contributed by atoms with Crippen molar-refractivity contribution >= 4 is 74.5 Å². The van der Waals surface area contributed by atoms with E-state index in [-0.39, 0.29) is 5.11 Å². The fraction of sp³-hybridized carbons (Fsp3) is 0. The van der Waals surface area contributed by atoms with Crippen molar-refractivity contribution in [3.63, 3.8) is 0 Å². The lowest BCUT2D eigenvalue weighted by Crippen LogP contribution is -2.32. The number of halogens is 2. The van der Waals surface area contributed by atoms with E-state index in [1.807, 2.05) is 24.3 Å². The van der Waals surface area contributed by atoms with Crippen LogP contribution in [0.5, 0.6) is 0 Å². The summed E-state index contributed by atoms with van der Waals surface area (Å²) >= 11 is 19.0. The van der Waals surface area contributed by atoms with E-state index in [2.05, 4.69) is 25.9 Å². The summed E-state index contributed by atoms with van der Waals surface area (Å²) in [7, 11) is 0. The Balaban J connectivity index is 1.17. The van der Waals surface area contributed by atoms with Crippen LogP contribution in [0.1, 0.15) is 5.76 Å². The molecule has 2 aromatic carbocycles. The van der Waals surface area contributed by atoms with Crippen LogP contribution in [-0.4, -0.2) is 30.8 Å². The van der Waals surface area contributed by atoms with E-state index in [9.17, 15) is 4.79 Å². The molecule has 174 valence electrons. The van der Waals surface area contributed by atoms with Crippen LogP contribution in [0.15, 0.2) is 71.4 Å². The van der Waals surface area contributed by atoms with E-state index in [4.69, 9.17) is 39.8 Å². The van der Waals surface area contributed by atoms with E-state index >= 15 is 0 Å². The van der Waals surface area contributed by atoms with Crippen LogP contribution < -0.4 is 10.6 Å². The molecule has 0 aliphatic rings. The van der Waals surface area contributed by atoms with Crippen molar-refractivity contribution in [2.24, 2.45) is 0 Å². The minimum atomic E-state index is -0.405. The standard InChI is InChI=1S/C23H14Cl2N6O2S2/c24-17-3-1-2-16(20(17)25)18-10-8-15(33-18)9-11-19(32)28-22(34)27-14-6-4-13(5-7-14)21-30-31-12-26-29-23(31)35-21/h1-12H,(H2,27,28,32,34). The summed E-state index contributed by atoms with van der Waals surface area (Å²) in [6, 6.07) is 16.3. The lowest BCUT2D eigenvalue weighted by molar-refractivity contribution is -0.115. The fourth-order valence-electron chi connectivity index (χ4n) is 3.13. The maximum Gasteiger partial charge on any atom is 0.250 e. The number of rotatable bonds is 5. The normalized spacial score (nSPS) is 11.3. The summed E-state index contributed by atoms with van der Waals surface area (Å²) < 4.78 is 7.37. The second-order valence-electron chi connectivity index (χ2n) is 7.12. The summed E-state index contributed by atoms with van der Waals surface area (Å²) in [6.45, 7) is 0. The topological polar surface area (TPSA) is 97.3 Å². The van der Waals surface area contributed by atoms with E-state index in [1.165, 1.54) is 23.5 Å². The number of aromatic nitrogens is 4. The minimum absolute atomic E-state index is 0.164. The first-order valence-corrected chi connectivity index (χ1v) is 12.1. The van der Waals surface area contributed by atoms with Crippen molar-refractivity contribution in [2.45, 2.75) is 0 Å². The van der Waals surface area contributed by atoms with Crippen LogP contribution in [0.2, 0.25) is 10.0 Å². The van der Waals surface area contributed by atoms with Gasteiger partial charge in [-0.3, -0.25) is 10.1 Å². The third kappa shape index (κ3) is 5.25. The van der Waals surface area contributed by atoms with Crippen LogP contribution in [0.25, 0.3) is 32.9 Å². The molecule has 35 heavy (non-hydrogen) atoms. The predicted octanol–water partition coefficient (Wildman–Crippen LogP) is 5.95. The van der Waals surface area contributed by atoms with E-state index < -0.39 is 5.91 Å². The SMILES string of the molecule is O=C(C=Cc1ccc(-c2cccc(Cl)c2Cl)o1)NC(=S)Nc1ccc(-c2nn3cnnc3s2)cc1. The van der Waals surface area contributed by atoms with E-state index in [0.29, 0.717) is 27.1 Å². The number of furan rings is 1. The predicted molar refractivity (Wildman–Crippen MR) is 142 cm³/mol. The highest BCUT2D eigenvalue weighted by Crippen LogP contribution is 2.34. The first-order chi connectivity index (χ1) is 17.0. The Morgan fingerprint density at radius 2 is 1.94 bits per heavy atom. The van der Waals surface area contributed by atoms with Gasteiger partial charge in [0.05, 0.1) is 10.0 Å². The van der Waals surface area contributed by atoms with Crippen LogP contribution in [-0.2, 0) is 4.79 Å². The first kappa shape index (κ1) is 23.2. The molecule has 0 aliphatic carbocycles. The number of thiocarbonyl (C=S) groups is 1. The lowest BCUT2D eigenvalue weighted by Gasteiger charge is -2.08. The Labute approximate surface area is 218 Å². The Hall–Kier alpha value is -3.57. The zero-order valence-electron chi connectivity index (χ0n) is 17.6. The summed E-state index contributed by atoms with van der Waals surface area (Å²) in [5.74, 6) is 0.616. The quantitative estimate of drug-likeness (QED) is 0.210. The van der Waals surface area contributed by atoms with Gasteiger partial charge in [0.2, 0.25) is 10.9 Å². The molecule has 12 heteroatoms. The fourth-order valence-corrected chi connectivity index (χ4v) is 4.56. The number of amides is 1. The first-order valence-electron chi connectivity index (χ1n) is 10.1. The summed E-state index contributed by atoms with van der Waals surface area (Å²) in [6.07, 6.45) is 4.42. The summed E-state index contributed by atoms with van der Waals surface area (Å²) in [5, 5.41) is 19.6. The Morgan fingerprint density at radius 3 is 2.74 bits per heavy atom. The van der Waals surface area contributed by atoms with Crippen LogP contribution in [0.4, 0.5) is 5.69 Å². The molecule has 3 heterocycles. The number of hydrogen-bond acceptors (Lipinski definition) is 7. The smallest absolute Gasteiger partial charge is 0.250 e. The van der Waals surface area contributed by atoms with Gasteiger partial charge in [-0.2, -0.15) is 9.61 Å². The van der Waals surface area contributed by atoms with Gasteiger partial charge in [-0.1, -0.05) is 40.6 Å². The molecule has 3 aromatic heterocycles. The highest BCUT2D eigenvalue weighted by atomic mass is 35.5. The molecule has 0 saturated carbocycles. The maximum atomic E-state index is 12.3. The molecule has 5 rings (SSSR count). The average Bonchev–Trinajstić information content (AvgIpc) is 3.57. The number of carbonyl (C=O) groups excluding carboxylic acids is 1. The molecule has 0 bridgehead atoms. The van der Waals surface area contributed by atoms with Crippen molar-refractivity contribution in [2.75, 3.05) is 5.32 Å². The highest BCUT2D eigenvalue weighted by molar-refractivity contribution is 7.80. The molecule has 1 amide bonds. The molecule has 0 spiro atoms. The Bertz CT molecular complexity index is 1540. The second kappa shape index (κ2) is 9.96. The van der Waals surface area contributed by atoms with E-state index in [0.717, 1.165) is 21.2 Å². The van der Waals surface area contributed by atoms with Crippen molar-refractivity contribution < 1.29 is 9.21 Å². The van der Waals surface area contributed by atoms with Crippen LogP contribution >= 0.6 is 46.8 Å². The van der Waals surface area contributed by atoms with Gasteiger partial charge >= 0.3 is 0 Å². The molecular weight excluding hydrogens is 527 g/mol.